The van der Waals surface area contributed by atoms with Crippen molar-refractivity contribution >= 4 is 17.2 Å². The van der Waals surface area contributed by atoms with Gasteiger partial charge >= 0.3 is 6.18 Å². The third-order valence-corrected chi connectivity index (χ3v) is 5.76. The molecule has 1 atom stereocenters. The van der Waals surface area contributed by atoms with Crippen LogP contribution in [0.4, 0.5) is 18.9 Å². The van der Waals surface area contributed by atoms with E-state index in [0.717, 1.165) is 17.7 Å². The molecule has 7 nitrogen and oxygen atoms in total. The second-order valence-electron chi connectivity index (χ2n) is 8.25. The Bertz CT molecular complexity index is 1430. The molecule has 0 spiro atoms. The molecule has 0 N–H and O–H groups in total. The van der Waals surface area contributed by atoms with Gasteiger partial charge in [-0.15, -0.1) is 0 Å². The number of nitrogens with zero attached hydrogens (tertiary/aromatic N) is 5. The topological polar surface area (TPSA) is 94.1 Å². The Morgan fingerprint density at radius 3 is 2.66 bits per heavy atom. The van der Waals surface area contributed by atoms with E-state index in [2.05, 4.69) is 25.1 Å². The number of hydrogen-bond acceptors (Lipinski definition) is 7. The Hall–Kier alpha value is -4.21. The van der Waals surface area contributed by atoms with Gasteiger partial charge in [0.2, 0.25) is 0 Å². The van der Waals surface area contributed by atoms with Crippen LogP contribution in [0.2, 0.25) is 0 Å². The van der Waals surface area contributed by atoms with Crippen LogP contribution in [0.3, 0.4) is 0 Å². The highest BCUT2D eigenvalue weighted by molar-refractivity contribution is 6.04. The number of pyridine rings is 1. The van der Waals surface area contributed by atoms with Gasteiger partial charge in [-0.3, -0.25) is 9.78 Å². The van der Waals surface area contributed by atoms with E-state index in [4.69, 9.17) is 4.52 Å². The molecule has 0 fully saturated rings. The number of carbonyl (C=O) groups excluding carboxylic acids is 1. The summed E-state index contributed by atoms with van der Waals surface area (Å²) in [6.07, 6.45) is 0.571. The van der Waals surface area contributed by atoms with Crippen LogP contribution in [0, 0.1) is 0 Å². The van der Waals surface area contributed by atoms with Gasteiger partial charge in [0.05, 0.1) is 28.4 Å². The molecule has 35 heavy (non-hydrogen) atoms. The Balaban J connectivity index is 1.28. The van der Waals surface area contributed by atoms with Gasteiger partial charge in [-0.2, -0.15) is 13.2 Å². The van der Waals surface area contributed by atoms with Crippen molar-refractivity contribution in [2.45, 2.75) is 31.9 Å². The maximum atomic E-state index is 13.0. The maximum absolute atomic E-state index is 13.0. The van der Waals surface area contributed by atoms with Crippen molar-refractivity contribution in [1.82, 2.24) is 20.1 Å². The number of ketones is 1. The SMILES string of the molecule is C[C@H](CC(=O)c1cc(-c2ccncc2)ncn1)c1cc(C2=Nc3ccc(C(F)(F)F)cc3C2)on1. The number of Topliss-reactive ketones (excluding diaryl/α,β-unsaturated/α-hetero) is 1. The van der Waals surface area contributed by atoms with E-state index in [9.17, 15) is 18.0 Å². The molecule has 3 aromatic heterocycles. The predicted molar refractivity (Wildman–Crippen MR) is 120 cm³/mol. The molecular weight excluding hydrogens is 459 g/mol. The molecule has 0 bridgehead atoms. The lowest BCUT2D eigenvalue weighted by molar-refractivity contribution is -0.137. The molecule has 0 unspecified atom stereocenters. The molecule has 0 amide bonds. The minimum absolute atomic E-state index is 0.139. The lowest BCUT2D eigenvalue weighted by atomic mass is 9.98. The number of benzene rings is 1. The van der Waals surface area contributed by atoms with Gasteiger partial charge in [0, 0.05) is 42.8 Å². The average molecular weight is 477 g/mol. The monoisotopic (exact) mass is 477 g/mol. The van der Waals surface area contributed by atoms with Gasteiger partial charge in [-0.05, 0) is 42.0 Å². The lowest BCUT2D eigenvalue weighted by Crippen LogP contribution is -2.08. The van der Waals surface area contributed by atoms with Crippen LogP contribution < -0.4 is 0 Å². The summed E-state index contributed by atoms with van der Waals surface area (Å²) in [5.41, 5.74) is 3.02. The van der Waals surface area contributed by atoms with E-state index < -0.39 is 11.7 Å². The molecule has 4 aromatic rings. The van der Waals surface area contributed by atoms with Crippen molar-refractivity contribution in [3.8, 4) is 11.3 Å². The van der Waals surface area contributed by atoms with Crippen LogP contribution in [0.15, 0.2) is 70.7 Å². The van der Waals surface area contributed by atoms with E-state index in [1.54, 1.807) is 36.7 Å². The molecule has 5 rings (SSSR count). The van der Waals surface area contributed by atoms with Gasteiger partial charge in [-0.25, -0.2) is 15.0 Å². The highest BCUT2D eigenvalue weighted by atomic mass is 19.4. The maximum Gasteiger partial charge on any atom is 0.416 e. The number of carbonyl (C=O) groups is 1. The minimum Gasteiger partial charge on any atom is -0.355 e. The number of alkyl halides is 3. The number of aliphatic imine (C=N–C) groups is 1. The van der Waals surface area contributed by atoms with Crippen molar-refractivity contribution in [3.63, 3.8) is 0 Å². The Morgan fingerprint density at radius 1 is 1.09 bits per heavy atom. The van der Waals surface area contributed by atoms with E-state index in [1.165, 1.54) is 12.4 Å². The zero-order chi connectivity index (χ0) is 24.6. The van der Waals surface area contributed by atoms with E-state index >= 15 is 0 Å². The van der Waals surface area contributed by atoms with Crippen LogP contribution in [-0.4, -0.2) is 31.6 Å². The first-order valence-electron chi connectivity index (χ1n) is 10.8. The molecule has 1 aromatic carbocycles. The highest BCUT2D eigenvalue weighted by Gasteiger charge is 2.32. The fraction of sp³-hybridized carbons (Fsp3) is 0.200. The quantitative estimate of drug-likeness (QED) is 0.336. The van der Waals surface area contributed by atoms with Gasteiger partial charge in [0.25, 0.3) is 0 Å². The Labute approximate surface area is 197 Å². The minimum atomic E-state index is -4.41. The lowest BCUT2D eigenvalue weighted by Gasteiger charge is -2.07. The zero-order valence-electron chi connectivity index (χ0n) is 18.5. The fourth-order valence-corrected chi connectivity index (χ4v) is 3.85. The smallest absolute Gasteiger partial charge is 0.355 e. The molecule has 1 aliphatic rings. The fourth-order valence-electron chi connectivity index (χ4n) is 3.85. The third kappa shape index (κ3) is 4.72. The van der Waals surface area contributed by atoms with E-state index in [0.29, 0.717) is 39.8 Å². The molecule has 0 saturated carbocycles. The standard InChI is InChI=1S/C25H18F3N5O2/c1-14(8-23(34)21-11-20(30-13-31-21)15-4-6-29-7-5-15)19-12-24(35-33-19)22-10-16-9-17(25(26,27)28)2-3-18(16)32-22/h2-7,9,11-14H,8,10H2,1H3/t14-/m1/s1. The molecule has 0 aliphatic carbocycles. The van der Waals surface area contributed by atoms with Crippen LogP contribution in [0.25, 0.3) is 11.3 Å². The molecule has 1 aliphatic heterocycles. The summed E-state index contributed by atoms with van der Waals surface area (Å²) in [4.78, 5) is 29.6. The van der Waals surface area contributed by atoms with Crippen molar-refractivity contribution in [1.29, 1.82) is 0 Å². The van der Waals surface area contributed by atoms with Crippen molar-refractivity contribution in [2.75, 3.05) is 0 Å². The first kappa shape index (κ1) is 22.6. The largest absolute Gasteiger partial charge is 0.416 e. The molecular formula is C25H18F3N5O2. The van der Waals surface area contributed by atoms with Gasteiger partial charge in [-0.1, -0.05) is 12.1 Å². The summed E-state index contributed by atoms with van der Waals surface area (Å²) >= 11 is 0. The normalized spacial score (nSPS) is 13.9. The van der Waals surface area contributed by atoms with Crippen LogP contribution in [0.1, 0.15) is 52.3 Å². The number of rotatable bonds is 6. The summed E-state index contributed by atoms with van der Waals surface area (Å²) in [6.45, 7) is 1.84. The summed E-state index contributed by atoms with van der Waals surface area (Å²) in [5, 5.41) is 4.06. The van der Waals surface area contributed by atoms with E-state index in [1.807, 2.05) is 6.92 Å². The van der Waals surface area contributed by atoms with Crippen LogP contribution in [-0.2, 0) is 12.6 Å². The first-order chi connectivity index (χ1) is 16.8. The predicted octanol–water partition coefficient (Wildman–Crippen LogP) is 5.60. The van der Waals surface area contributed by atoms with Crippen molar-refractivity contribution in [2.24, 2.45) is 4.99 Å². The van der Waals surface area contributed by atoms with Crippen LogP contribution >= 0.6 is 0 Å². The number of fused-ring (bicyclic) bond motifs is 1. The summed E-state index contributed by atoms with van der Waals surface area (Å²) in [7, 11) is 0. The summed E-state index contributed by atoms with van der Waals surface area (Å²) in [6, 6.07) is 10.4. The molecule has 10 heteroatoms. The van der Waals surface area contributed by atoms with Gasteiger partial charge < -0.3 is 4.52 Å². The summed E-state index contributed by atoms with van der Waals surface area (Å²) < 4.78 is 44.4. The van der Waals surface area contributed by atoms with Crippen molar-refractivity contribution < 1.29 is 22.5 Å². The second kappa shape index (κ2) is 8.86. The molecule has 4 heterocycles. The second-order valence-corrected chi connectivity index (χ2v) is 8.25. The van der Waals surface area contributed by atoms with Crippen molar-refractivity contribution in [3.05, 3.63) is 89.5 Å². The van der Waals surface area contributed by atoms with Gasteiger partial charge in [0.1, 0.15) is 12.0 Å². The van der Waals surface area contributed by atoms with E-state index in [-0.39, 0.29) is 24.5 Å². The Kier molecular flexibility index (Phi) is 5.72. The number of halogens is 3. The molecule has 0 saturated heterocycles. The van der Waals surface area contributed by atoms with Crippen LogP contribution in [0.5, 0.6) is 0 Å². The zero-order valence-corrected chi connectivity index (χ0v) is 18.5. The third-order valence-electron chi connectivity index (χ3n) is 5.76. The Morgan fingerprint density at radius 2 is 1.89 bits per heavy atom. The van der Waals surface area contributed by atoms with Gasteiger partial charge in [0.15, 0.2) is 11.5 Å². The summed E-state index contributed by atoms with van der Waals surface area (Å²) in [5.74, 6) is -0.0864. The molecule has 176 valence electrons. The molecule has 0 radical (unpaired) electrons. The highest BCUT2D eigenvalue weighted by Crippen LogP contribution is 2.36. The number of hydrogen-bond donors (Lipinski definition) is 0. The number of aromatic nitrogens is 4. The average Bonchev–Trinajstić information content (AvgIpc) is 3.51. The first-order valence-corrected chi connectivity index (χ1v) is 10.8.